The van der Waals surface area contributed by atoms with E-state index in [4.69, 9.17) is 17.5 Å². The Morgan fingerprint density at radius 3 is 1.47 bits per heavy atom. The van der Waals surface area contributed by atoms with Gasteiger partial charge in [-0.2, -0.15) is 20.2 Å². The van der Waals surface area contributed by atoms with Crippen LogP contribution >= 0.6 is 11.8 Å². The summed E-state index contributed by atoms with van der Waals surface area (Å²) in [6.45, 7) is 4.39. The summed E-state index contributed by atoms with van der Waals surface area (Å²) in [6, 6.07) is 0. The standard InChI is InChI=1S/C8H16N2O2S.Na.H2O4S.H/c1-7(11)9-3-5-13-6-4-10-8(2)12;;1-5(2,3)4;/h3-6H2,1-2H3,(H,9,11)(H,10,12);;(H2,1,2,3,4);. The number of nitrogens with one attached hydrogen (secondary N) is 2. The molecule has 0 aliphatic carbocycles. The summed E-state index contributed by atoms with van der Waals surface area (Å²) in [5.41, 5.74) is 0. The maximum atomic E-state index is 10.4. The van der Waals surface area contributed by atoms with E-state index in [2.05, 4.69) is 10.6 Å². The molecule has 0 fully saturated rings. The predicted octanol–water partition coefficient (Wildman–Crippen LogP) is -1.31. The van der Waals surface area contributed by atoms with Crippen LogP contribution in [0.5, 0.6) is 0 Å². The van der Waals surface area contributed by atoms with Gasteiger partial charge in [0.15, 0.2) is 0 Å². The average molecular weight is 326 g/mol. The van der Waals surface area contributed by atoms with E-state index in [1.807, 2.05) is 0 Å². The Morgan fingerprint density at radius 2 is 1.26 bits per heavy atom. The minimum absolute atomic E-state index is 0. The molecule has 0 aromatic rings. The van der Waals surface area contributed by atoms with Gasteiger partial charge in [-0.05, 0) is 0 Å². The third-order valence-electron chi connectivity index (χ3n) is 1.24. The first kappa shape index (κ1) is 24.2. The monoisotopic (exact) mass is 326 g/mol. The second-order valence-electron chi connectivity index (χ2n) is 3.03. The van der Waals surface area contributed by atoms with E-state index in [1.54, 1.807) is 11.8 Å². The minimum atomic E-state index is -4.67. The fourth-order valence-electron chi connectivity index (χ4n) is 0.701. The van der Waals surface area contributed by atoms with Crippen LogP contribution in [0.3, 0.4) is 0 Å². The van der Waals surface area contributed by atoms with Gasteiger partial charge in [0.05, 0.1) is 0 Å². The van der Waals surface area contributed by atoms with E-state index in [0.717, 1.165) is 11.5 Å². The molecule has 0 aliphatic rings. The Labute approximate surface area is 139 Å². The normalized spacial score (nSPS) is 9.47. The Morgan fingerprint density at radius 1 is 1.00 bits per heavy atom. The number of rotatable bonds is 6. The summed E-state index contributed by atoms with van der Waals surface area (Å²) in [5, 5.41) is 5.40. The molecular weight excluding hydrogens is 307 g/mol. The van der Waals surface area contributed by atoms with Crippen molar-refractivity contribution in [1.29, 1.82) is 0 Å². The van der Waals surface area contributed by atoms with Crippen molar-refractivity contribution < 1.29 is 27.1 Å². The van der Waals surface area contributed by atoms with Crippen molar-refractivity contribution in [3.05, 3.63) is 0 Å². The van der Waals surface area contributed by atoms with E-state index in [0.29, 0.717) is 13.1 Å². The van der Waals surface area contributed by atoms with Crippen molar-refractivity contribution in [1.82, 2.24) is 10.6 Å². The molecule has 2 amide bonds. The molecule has 11 heteroatoms. The van der Waals surface area contributed by atoms with Gasteiger partial charge in [0.1, 0.15) is 0 Å². The van der Waals surface area contributed by atoms with E-state index >= 15 is 0 Å². The first-order valence-corrected chi connectivity index (χ1v) is 7.44. The summed E-state index contributed by atoms with van der Waals surface area (Å²) in [7, 11) is -4.67. The van der Waals surface area contributed by atoms with Gasteiger partial charge < -0.3 is 10.6 Å². The second-order valence-corrected chi connectivity index (χ2v) is 5.15. The molecule has 0 radical (unpaired) electrons. The maximum absolute atomic E-state index is 10.4. The second kappa shape index (κ2) is 14.6. The van der Waals surface area contributed by atoms with Gasteiger partial charge in [0, 0.05) is 38.4 Å². The van der Waals surface area contributed by atoms with Crippen LogP contribution in [0.2, 0.25) is 0 Å². The summed E-state index contributed by atoms with van der Waals surface area (Å²) in [5.74, 6) is 1.78. The molecule has 0 heterocycles. The first-order valence-electron chi connectivity index (χ1n) is 4.89. The average Bonchev–Trinajstić information content (AvgIpc) is 2.12. The van der Waals surface area contributed by atoms with Crippen LogP contribution < -0.4 is 10.6 Å². The molecule has 0 aromatic heterocycles. The van der Waals surface area contributed by atoms with Crippen molar-refractivity contribution in [3.63, 3.8) is 0 Å². The molecule has 0 saturated carbocycles. The van der Waals surface area contributed by atoms with Gasteiger partial charge in [0.2, 0.25) is 11.8 Å². The fraction of sp³-hybridized carbons (Fsp3) is 0.750. The third kappa shape index (κ3) is 45.9. The van der Waals surface area contributed by atoms with Crippen molar-refractivity contribution in [2.24, 2.45) is 0 Å². The van der Waals surface area contributed by atoms with E-state index in [1.165, 1.54) is 13.8 Å². The molecule has 0 unspecified atom stereocenters. The van der Waals surface area contributed by atoms with Gasteiger partial charge in [-0.3, -0.25) is 18.7 Å². The Balaban J connectivity index is -0.000000366. The van der Waals surface area contributed by atoms with Crippen molar-refractivity contribution in [3.8, 4) is 0 Å². The molecular formula is C8H19N2NaO6S2. The van der Waals surface area contributed by atoms with Gasteiger partial charge in [0.25, 0.3) is 0 Å². The summed E-state index contributed by atoms with van der Waals surface area (Å²) >= 11 is 1.71. The molecule has 0 aromatic carbocycles. The number of carbonyl (C=O) groups excluding carboxylic acids is 2. The number of hydrogen-bond donors (Lipinski definition) is 4. The number of thioether (sulfide) groups is 1. The van der Waals surface area contributed by atoms with Crippen molar-refractivity contribution in [2.75, 3.05) is 24.6 Å². The molecule has 8 nitrogen and oxygen atoms in total. The molecule has 4 N–H and O–H groups in total. The van der Waals surface area contributed by atoms with Crippen LogP contribution in [0.4, 0.5) is 0 Å². The van der Waals surface area contributed by atoms with E-state index in [-0.39, 0.29) is 41.4 Å². The van der Waals surface area contributed by atoms with Gasteiger partial charge >= 0.3 is 40.0 Å². The van der Waals surface area contributed by atoms with Crippen LogP contribution in [-0.4, -0.2) is 83.5 Å². The first-order chi connectivity index (χ1) is 8.13. The van der Waals surface area contributed by atoms with E-state index in [9.17, 15) is 9.59 Å². The predicted molar refractivity (Wildman–Crippen MR) is 76.0 cm³/mol. The van der Waals surface area contributed by atoms with Crippen molar-refractivity contribution in [2.45, 2.75) is 13.8 Å². The number of carbonyl (C=O) groups is 2. The molecule has 0 aliphatic heterocycles. The molecule has 0 atom stereocenters. The van der Waals surface area contributed by atoms with Crippen LogP contribution in [0.15, 0.2) is 0 Å². The van der Waals surface area contributed by atoms with Crippen LogP contribution in [0.25, 0.3) is 0 Å². The molecule has 110 valence electrons. The fourth-order valence-corrected chi connectivity index (χ4v) is 1.40. The van der Waals surface area contributed by atoms with Crippen LogP contribution in [0.1, 0.15) is 13.8 Å². The number of amides is 2. The summed E-state index contributed by atoms with van der Waals surface area (Å²) in [6.07, 6.45) is 0. The SMILES string of the molecule is CC(=O)NCCSCCNC(C)=O.O=S(=O)(O)O.[NaH]. The zero-order valence-electron chi connectivity index (χ0n) is 10.2. The Kier molecular flexibility index (Phi) is 18.6. The number of hydrogen-bond acceptors (Lipinski definition) is 5. The Bertz CT molecular complexity index is 323. The molecule has 0 spiro atoms. The van der Waals surface area contributed by atoms with Crippen molar-refractivity contribution >= 4 is 63.5 Å². The quantitative estimate of drug-likeness (QED) is 0.270. The molecule has 0 bridgehead atoms. The van der Waals surface area contributed by atoms with E-state index < -0.39 is 10.4 Å². The van der Waals surface area contributed by atoms with Gasteiger partial charge in [-0.15, -0.1) is 0 Å². The summed E-state index contributed by atoms with van der Waals surface area (Å²) < 4.78 is 31.6. The molecule has 0 saturated heterocycles. The summed E-state index contributed by atoms with van der Waals surface area (Å²) in [4.78, 5) is 20.9. The van der Waals surface area contributed by atoms with Gasteiger partial charge in [-0.25, -0.2) is 0 Å². The molecule has 0 rings (SSSR count). The topological polar surface area (TPSA) is 133 Å². The van der Waals surface area contributed by atoms with Crippen LogP contribution in [0, 0.1) is 0 Å². The zero-order chi connectivity index (χ0) is 14.6. The zero-order valence-corrected chi connectivity index (χ0v) is 11.8. The Hall–Kier alpha value is 0.160. The third-order valence-corrected chi connectivity index (χ3v) is 2.23. The van der Waals surface area contributed by atoms with Gasteiger partial charge in [-0.1, -0.05) is 0 Å². The molecule has 19 heavy (non-hydrogen) atoms. The van der Waals surface area contributed by atoms with Crippen LogP contribution in [-0.2, 0) is 20.0 Å².